The highest BCUT2D eigenvalue weighted by Crippen LogP contribution is 2.24. The third kappa shape index (κ3) is 4.65. The van der Waals surface area contributed by atoms with Gasteiger partial charge in [-0.15, -0.1) is 11.3 Å². The van der Waals surface area contributed by atoms with Crippen LogP contribution in [0.25, 0.3) is 11.3 Å². The van der Waals surface area contributed by atoms with Crippen molar-refractivity contribution in [3.8, 4) is 11.3 Å². The van der Waals surface area contributed by atoms with Crippen molar-refractivity contribution in [3.05, 3.63) is 74.7 Å². The molecule has 29 heavy (non-hydrogen) atoms. The fraction of sp³-hybridized carbons (Fsp3) is 0.286. The first-order valence-electron chi connectivity index (χ1n) is 9.64. The molecule has 1 fully saturated rings. The smallest absolute Gasteiger partial charge is 0.264 e. The van der Waals surface area contributed by atoms with Gasteiger partial charge in [-0.05, 0) is 31.0 Å². The van der Waals surface area contributed by atoms with Crippen molar-refractivity contribution in [3.63, 3.8) is 0 Å². The Morgan fingerprint density at radius 2 is 1.97 bits per heavy atom. The van der Waals surface area contributed by atoms with Crippen LogP contribution in [-0.4, -0.2) is 26.8 Å². The average Bonchev–Trinajstić information content (AvgIpc) is 3.16. The molecule has 0 aliphatic heterocycles. The molecule has 0 bridgehead atoms. The van der Waals surface area contributed by atoms with Gasteiger partial charge in [0.2, 0.25) is 4.80 Å². The van der Waals surface area contributed by atoms with E-state index in [1.165, 1.54) is 31.4 Å². The highest BCUT2D eigenvalue weighted by Gasteiger charge is 2.14. The predicted octanol–water partition coefficient (Wildman–Crippen LogP) is 4.64. The number of aromatic nitrogens is 2. The second kappa shape index (κ2) is 8.91. The molecule has 1 aliphatic rings. The summed E-state index contributed by atoms with van der Waals surface area (Å²) in [5, 5.41) is 17.6. The summed E-state index contributed by atoms with van der Waals surface area (Å²) in [6.45, 7) is 0. The number of nitro groups is 1. The minimum atomic E-state index is -0.393. The standard InChI is InChI=1S/C21H21N5O2S/c27-26(28)19-10-8-17(9-11-19)20-15-29-21(24-18-6-2-1-3-7-18)25(20)23-14-16-5-4-12-22-13-16/h4-5,8-15,18H,1-3,6-7H2. The summed E-state index contributed by atoms with van der Waals surface area (Å²) < 4.78 is 1.83. The Bertz CT molecular complexity index is 1060. The fourth-order valence-electron chi connectivity index (χ4n) is 3.40. The molecular weight excluding hydrogens is 386 g/mol. The van der Waals surface area contributed by atoms with Gasteiger partial charge in [0.05, 0.1) is 22.9 Å². The Labute approximate surface area is 172 Å². The summed E-state index contributed by atoms with van der Waals surface area (Å²) >= 11 is 1.54. The first-order chi connectivity index (χ1) is 14.2. The SMILES string of the molecule is O=[N+]([O-])c1ccc(-c2csc(=NC3CCCCC3)n2N=Cc2cccnc2)cc1. The van der Waals surface area contributed by atoms with Crippen LogP contribution >= 0.6 is 11.3 Å². The Morgan fingerprint density at radius 1 is 1.17 bits per heavy atom. The summed E-state index contributed by atoms with van der Waals surface area (Å²) in [7, 11) is 0. The zero-order valence-corrected chi connectivity index (χ0v) is 16.7. The summed E-state index contributed by atoms with van der Waals surface area (Å²) in [6, 6.07) is 10.7. The lowest BCUT2D eigenvalue weighted by atomic mass is 9.96. The summed E-state index contributed by atoms with van der Waals surface area (Å²) in [4.78, 5) is 20.5. The van der Waals surface area contributed by atoms with Crippen molar-refractivity contribution in [2.45, 2.75) is 38.1 Å². The van der Waals surface area contributed by atoms with Crippen LogP contribution in [0.5, 0.6) is 0 Å². The molecule has 8 heteroatoms. The molecular formula is C21H21N5O2S. The molecule has 0 saturated heterocycles. The van der Waals surface area contributed by atoms with E-state index in [0.717, 1.165) is 34.5 Å². The van der Waals surface area contributed by atoms with E-state index < -0.39 is 4.92 Å². The number of rotatable bonds is 5. The number of non-ortho nitro benzene ring substituents is 1. The summed E-state index contributed by atoms with van der Waals surface area (Å²) in [5.41, 5.74) is 2.69. The summed E-state index contributed by atoms with van der Waals surface area (Å²) in [5.74, 6) is 0. The van der Waals surface area contributed by atoms with Crippen LogP contribution in [0.1, 0.15) is 37.7 Å². The highest BCUT2D eigenvalue weighted by molar-refractivity contribution is 7.07. The van der Waals surface area contributed by atoms with Gasteiger partial charge in [-0.25, -0.2) is 4.68 Å². The maximum absolute atomic E-state index is 11.0. The van der Waals surface area contributed by atoms with Crippen LogP contribution in [0.2, 0.25) is 0 Å². The maximum Gasteiger partial charge on any atom is 0.269 e. The topological polar surface area (TPSA) is 85.7 Å². The number of pyridine rings is 1. The van der Waals surface area contributed by atoms with Crippen LogP contribution in [0.3, 0.4) is 0 Å². The molecule has 0 N–H and O–H groups in total. The molecule has 4 rings (SSSR count). The van der Waals surface area contributed by atoms with Crippen LogP contribution in [0, 0.1) is 10.1 Å². The minimum absolute atomic E-state index is 0.0708. The van der Waals surface area contributed by atoms with Gasteiger partial charge in [0.25, 0.3) is 5.69 Å². The molecule has 1 aromatic carbocycles. The average molecular weight is 407 g/mol. The van der Waals surface area contributed by atoms with E-state index in [0.29, 0.717) is 6.04 Å². The third-order valence-corrected chi connectivity index (χ3v) is 5.76. The lowest BCUT2D eigenvalue weighted by Gasteiger charge is -2.16. The molecule has 2 aromatic heterocycles. The normalized spacial score (nSPS) is 15.8. The molecule has 1 aliphatic carbocycles. The molecule has 3 aromatic rings. The molecule has 7 nitrogen and oxygen atoms in total. The second-order valence-corrected chi connectivity index (χ2v) is 7.81. The van der Waals surface area contributed by atoms with E-state index in [1.54, 1.807) is 42.1 Å². The van der Waals surface area contributed by atoms with Crippen LogP contribution in [0.15, 0.2) is 64.3 Å². The van der Waals surface area contributed by atoms with Gasteiger partial charge in [-0.3, -0.25) is 20.1 Å². The van der Waals surface area contributed by atoms with Gasteiger partial charge in [0.1, 0.15) is 0 Å². The van der Waals surface area contributed by atoms with E-state index in [-0.39, 0.29) is 5.69 Å². The van der Waals surface area contributed by atoms with E-state index in [4.69, 9.17) is 4.99 Å². The monoisotopic (exact) mass is 407 g/mol. The van der Waals surface area contributed by atoms with Crippen LogP contribution < -0.4 is 4.80 Å². The van der Waals surface area contributed by atoms with Crippen molar-refractivity contribution in [2.75, 3.05) is 0 Å². The lowest BCUT2D eigenvalue weighted by molar-refractivity contribution is -0.384. The first-order valence-corrected chi connectivity index (χ1v) is 10.5. The largest absolute Gasteiger partial charge is 0.269 e. The molecule has 0 atom stereocenters. The first kappa shape index (κ1) is 19.2. The van der Waals surface area contributed by atoms with Crippen molar-refractivity contribution >= 4 is 23.2 Å². The number of thiazole rings is 1. The quantitative estimate of drug-likeness (QED) is 0.351. The Balaban J connectivity index is 1.75. The zero-order valence-electron chi connectivity index (χ0n) is 15.8. The van der Waals surface area contributed by atoms with Crippen molar-refractivity contribution < 1.29 is 4.92 Å². The molecule has 148 valence electrons. The van der Waals surface area contributed by atoms with Gasteiger partial charge < -0.3 is 0 Å². The zero-order chi connectivity index (χ0) is 20.1. The molecule has 0 unspecified atom stereocenters. The van der Waals surface area contributed by atoms with Gasteiger partial charge in [-0.1, -0.05) is 25.3 Å². The van der Waals surface area contributed by atoms with E-state index in [9.17, 15) is 10.1 Å². The minimum Gasteiger partial charge on any atom is -0.264 e. The number of nitro benzene ring substituents is 1. The van der Waals surface area contributed by atoms with Crippen molar-refractivity contribution in [2.24, 2.45) is 10.1 Å². The number of hydrogen-bond donors (Lipinski definition) is 0. The molecule has 2 heterocycles. The number of hydrogen-bond acceptors (Lipinski definition) is 6. The molecule has 0 radical (unpaired) electrons. The number of nitrogens with zero attached hydrogens (tertiary/aromatic N) is 5. The Morgan fingerprint density at radius 3 is 2.66 bits per heavy atom. The van der Waals surface area contributed by atoms with E-state index in [1.807, 2.05) is 22.2 Å². The fourth-order valence-corrected chi connectivity index (χ4v) is 4.30. The Hall–Kier alpha value is -3.13. The van der Waals surface area contributed by atoms with Crippen LogP contribution in [-0.2, 0) is 0 Å². The second-order valence-electron chi connectivity index (χ2n) is 6.97. The van der Waals surface area contributed by atoms with Gasteiger partial charge in [-0.2, -0.15) is 5.10 Å². The molecule has 1 saturated carbocycles. The van der Waals surface area contributed by atoms with Crippen molar-refractivity contribution in [1.82, 2.24) is 9.66 Å². The predicted molar refractivity (Wildman–Crippen MR) is 114 cm³/mol. The Kier molecular flexibility index (Phi) is 5.90. The molecule has 0 amide bonds. The third-order valence-electron chi connectivity index (χ3n) is 4.93. The molecule has 0 spiro atoms. The van der Waals surface area contributed by atoms with Gasteiger partial charge in [0.15, 0.2) is 0 Å². The lowest BCUT2D eigenvalue weighted by Crippen LogP contribution is -2.19. The highest BCUT2D eigenvalue weighted by atomic mass is 32.1. The van der Waals surface area contributed by atoms with E-state index in [2.05, 4.69) is 10.1 Å². The van der Waals surface area contributed by atoms with Crippen LogP contribution in [0.4, 0.5) is 5.69 Å². The van der Waals surface area contributed by atoms with E-state index >= 15 is 0 Å². The summed E-state index contributed by atoms with van der Waals surface area (Å²) in [6.07, 6.45) is 11.2. The van der Waals surface area contributed by atoms with Gasteiger partial charge in [0, 0.05) is 41.0 Å². The maximum atomic E-state index is 11.0. The van der Waals surface area contributed by atoms with Crippen molar-refractivity contribution in [1.29, 1.82) is 0 Å². The van der Waals surface area contributed by atoms with Gasteiger partial charge >= 0.3 is 0 Å². The number of benzene rings is 1.